The van der Waals surface area contributed by atoms with Crippen LogP contribution >= 0.6 is 0 Å². The number of aliphatic hydroxyl groups is 1. The summed E-state index contributed by atoms with van der Waals surface area (Å²) in [6.45, 7) is 25.1. The fraction of sp³-hybridized carbons (Fsp3) is 0.769. The first-order valence-corrected chi connectivity index (χ1v) is 19.4. The number of amides is 1. The van der Waals surface area contributed by atoms with Crippen molar-refractivity contribution in [2.75, 3.05) is 11.9 Å². The molecule has 0 bridgehead atoms. The molecular weight excluding hydrogens is 534 g/mol. The molecule has 2 unspecified atom stereocenters. The Morgan fingerprint density at radius 2 is 1.74 bits per heavy atom. The molecule has 11 nitrogen and oxygen atoms in total. The SMILES string of the molecule is CC(C)C(=O)Nc1nc2c(ncn2[C@@H]2O[C@H](CO[Si](C)(C)C(C)(C)C)C(O)C2O[Si](C)(C)C(C)(C)C)c(=O)[nH]1. The van der Waals surface area contributed by atoms with E-state index in [1.165, 1.54) is 6.33 Å². The summed E-state index contributed by atoms with van der Waals surface area (Å²) in [7, 11) is -4.47. The summed E-state index contributed by atoms with van der Waals surface area (Å²) < 4.78 is 21.2. The highest BCUT2D eigenvalue weighted by Gasteiger charge is 2.51. The quantitative estimate of drug-likeness (QED) is 0.390. The number of nitrogens with zero attached hydrogens (tertiary/aromatic N) is 3. The number of hydrogen-bond donors (Lipinski definition) is 3. The van der Waals surface area contributed by atoms with E-state index in [-0.39, 0.29) is 45.6 Å². The molecule has 0 spiro atoms. The van der Waals surface area contributed by atoms with Crippen LogP contribution < -0.4 is 10.9 Å². The average molecular weight is 582 g/mol. The Balaban J connectivity index is 2.03. The lowest BCUT2D eigenvalue weighted by atomic mass is 10.1. The molecule has 13 heteroatoms. The fourth-order valence-corrected chi connectivity index (χ4v) is 5.97. The fourth-order valence-electron chi connectivity index (χ4n) is 3.66. The molecule has 1 aliphatic rings. The molecule has 1 amide bonds. The molecule has 39 heavy (non-hydrogen) atoms. The van der Waals surface area contributed by atoms with Crippen molar-refractivity contribution >= 4 is 39.7 Å². The van der Waals surface area contributed by atoms with Crippen LogP contribution in [0.4, 0.5) is 5.95 Å². The minimum atomic E-state index is -2.36. The number of carbonyl (C=O) groups excluding carboxylic acids is 1. The van der Waals surface area contributed by atoms with E-state index in [0.717, 1.165) is 0 Å². The Labute approximate surface area is 233 Å². The second-order valence-electron chi connectivity index (χ2n) is 13.9. The van der Waals surface area contributed by atoms with E-state index < -0.39 is 46.7 Å². The molecule has 3 N–H and O–H groups in total. The van der Waals surface area contributed by atoms with Crippen molar-refractivity contribution in [3.63, 3.8) is 0 Å². The number of aromatic nitrogens is 4. The molecule has 3 rings (SSSR count). The molecule has 2 aromatic rings. The number of carbonyl (C=O) groups is 1. The topological polar surface area (TPSA) is 141 Å². The first kappa shape index (κ1) is 31.6. The van der Waals surface area contributed by atoms with Gasteiger partial charge in [-0.05, 0) is 36.3 Å². The van der Waals surface area contributed by atoms with Crippen molar-refractivity contribution in [3.8, 4) is 0 Å². The third-order valence-electron chi connectivity index (χ3n) is 8.44. The molecule has 1 aliphatic heterocycles. The smallest absolute Gasteiger partial charge is 0.280 e. The lowest BCUT2D eigenvalue weighted by molar-refractivity contribution is -0.118. The van der Waals surface area contributed by atoms with Gasteiger partial charge in [0, 0.05) is 5.92 Å². The van der Waals surface area contributed by atoms with Crippen LogP contribution in [0.15, 0.2) is 11.1 Å². The zero-order valence-corrected chi connectivity index (χ0v) is 27.5. The maximum atomic E-state index is 12.8. The van der Waals surface area contributed by atoms with Crippen LogP contribution in [0.25, 0.3) is 11.2 Å². The van der Waals surface area contributed by atoms with Gasteiger partial charge in [-0.15, -0.1) is 0 Å². The lowest BCUT2D eigenvalue weighted by Gasteiger charge is -2.40. The maximum absolute atomic E-state index is 12.8. The van der Waals surface area contributed by atoms with E-state index in [4.69, 9.17) is 13.6 Å². The highest BCUT2D eigenvalue weighted by Crippen LogP contribution is 2.43. The second kappa shape index (κ2) is 10.8. The summed E-state index contributed by atoms with van der Waals surface area (Å²) in [6.07, 6.45) is -1.72. The van der Waals surface area contributed by atoms with Crippen LogP contribution in [-0.4, -0.2) is 72.1 Å². The summed E-state index contributed by atoms with van der Waals surface area (Å²) in [5.41, 5.74) is -0.163. The number of imidazole rings is 1. The van der Waals surface area contributed by atoms with Gasteiger partial charge in [-0.3, -0.25) is 24.5 Å². The summed E-state index contributed by atoms with van der Waals surface area (Å²) in [5.74, 6) is -0.558. The number of aromatic amines is 1. The van der Waals surface area contributed by atoms with E-state index in [2.05, 4.69) is 88.0 Å². The predicted molar refractivity (Wildman–Crippen MR) is 157 cm³/mol. The minimum Gasteiger partial charge on any atom is -0.414 e. The molecule has 2 aromatic heterocycles. The number of ether oxygens (including phenoxy) is 1. The molecule has 0 radical (unpaired) electrons. The highest BCUT2D eigenvalue weighted by atomic mass is 28.4. The minimum absolute atomic E-state index is 0.00465. The van der Waals surface area contributed by atoms with Gasteiger partial charge in [0.25, 0.3) is 5.56 Å². The van der Waals surface area contributed by atoms with Gasteiger partial charge in [-0.25, -0.2) is 4.98 Å². The standard InChI is InChI=1S/C26H47N5O6Si2/c1-15(2)21(33)29-24-28-20-17(22(34)30-24)27-14-31(20)23-19(37-39(11,12)26(6,7)8)18(32)16(36-23)13-35-38(9,10)25(3,4)5/h14-16,18-19,23,32H,13H2,1-12H3,(H2,28,29,30,33,34)/t16-,18?,19?,23-/m1/s1. The Morgan fingerprint density at radius 1 is 1.15 bits per heavy atom. The third-order valence-corrected chi connectivity index (χ3v) is 17.4. The zero-order chi connectivity index (χ0) is 29.7. The van der Waals surface area contributed by atoms with Crippen molar-refractivity contribution in [2.24, 2.45) is 5.92 Å². The number of nitrogens with one attached hydrogen (secondary N) is 2. The lowest BCUT2D eigenvalue weighted by Crippen LogP contribution is -2.49. The Kier molecular flexibility index (Phi) is 8.77. The molecule has 0 saturated carbocycles. The van der Waals surface area contributed by atoms with Gasteiger partial charge in [-0.1, -0.05) is 55.4 Å². The first-order valence-electron chi connectivity index (χ1n) is 13.6. The molecule has 1 fully saturated rings. The van der Waals surface area contributed by atoms with Crippen LogP contribution in [0, 0.1) is 5.92 Å². The van der Waals surface area contributed by atoms with Gasteiger partial charge >= 0.3 is 0 Å². The molecule has 220 valence electrons. The van der Waals surface area contributed by atoms with Gasteiger partial charge in [0.2, 0.25) is 11.9 Å². The Morgan fingerprint density at radius 3 is 2.28 bits per heavy atom. The predicted octanol–water partition coefficient (Wildman–Crippen LogP) is 4.38. The summed E-state index contributed by atoms with van der Waals surface area (Å²) in [4.78, 5) is 36.4. The molecule has 0 aliphatic carbocycles. The van der Waals surface area contributed by atoms with E-state index in [0.29, 0.717) is 0 Å². The third kappa shape index (κ3) is 6.54. The molecular formula is C26H47N5O6Si2. The molecule has 1 saturated heterocycles. The second-order valence-corrected chi connectivity index (χ2v) is 23.4. The number of aliphatic hydroxyl groups excluding tert-OH is 1. The van der Waals surface area contributed by atoms with Gasteiger partial charge in [0.1, 0.15) is 18.3 Å². The number of H-pyrrole nitrogens is 1. The van der Waals surface area contributed by atoms with Crippen molar-refractivity contribution in [1.29, 1.82) is 0 Å². The van der Waals surface area contributed by atoms with Crippen LogP contribution in [0.3, 0.4) is 0 Å². The van der Waals surface area contributed by atoms with Crippen LogP contribution in [0.2, 0.25) is 36.3 Å². The van der Waals surface area contributed by atoms with E-state index >= 15 is 0 Å². The first-order chi connectivity index (χ1) is 17.7. The van der Waals surface area contributed by atoms with Gasteiger partial charge in [-0.2, -0.15) is 4.98 Å². The van der Waals surface area contributed by atoms with Crippen molar-refractivity contribution < 1.29 is 23.5 Å². The van der Waals surface area contributed by atoms with Gasteiger partial charge < -0.3 is 18.7 Å². The Bertz CT molecular complexity index is 1240. The monoisotopic (exact) mass is 581 g/mol. The van der Waals surface area contributed by atoms with E-state index in [1.807, 2.05) is 0 Å². The van der Waals surface area contributed by atoms with E-state index in [1.54, 1.807) is 18.4 Å². The van der Waals surface area contributed by atoms with E-state index in [9.17, 15) is 14.7 Å². The summed E-state index contributed by atoms with van der Waals surface area (Å²) in [6, 6.07) is 0. The molecule has 3 heterocycles. The van der Waals surface area contributed by atoms with Crippen LogP contribution in [-0.2, 0) is 18.4 Å². The maximum Gasteiger partial charge on any atom is 0.280 e. The average Bonchev–Trinajstić information content (AvgIpc) is 3.32. The number of fused-ring (bicyclic) bond motifs is 1. The van der Waals surface area contributed by atoms with Crippen molar-refractivity contribution in [2.45, 2.75) is 116 Å². The largest absolute Gasteiger partial charge is 0.414 e. The number of hydrogen-bond acceptors (Lipinski definition) is 8. The van der Waals surface area contributed by atoms with Crippen molar-refractivity contribution in [3.05, 3.63) is 16.7 Å². The van der Waals surface area contributed by atoms with Crippen molar-refractivity contribution in [1.82, 2.24) is 19.5 Å². The highest BCUT2D eigenvalue weighted by molar-refractivity contribution is 6.74. The van der Waals surface area contributed by atoms with Gasteiger partial charge in [0.15, 0.2) is 34.0 Å². The number of rotatable bonds is 8. The summed E-state index contributed by atoms with van der Waals surface area (Å²) in [5, 5.41) is 14.1. The zero-order valence-electron chi connectivity index (χ0n) is 25.5. The molecule has 0 aromatic carbocycles. The summed E-state index contributed by atoms with van der Waals surface area (Å²) >= 11 is 0. The Hall–Kier alpha value is -1.91. The normalized spacial score (nSPS) is 23.1. The van der Waals surface area contributed by atoms with Crippen LogP contribution in [0.5, 0.6) is 0 Å². The number of anilines is 1. The molecule has 4 atom stereocenters. The van der Waals surface area contributed by atoms with Gasteiger partial charge in [0.05, 0.1) is 12.9 Å². The van der Waals surface area contributed by atoms with Crippen LogP contribution in [0.1, 0.15) is 61.6 Å².